The van der Waals surface area contributed by atoms with E-state index in [-0.39, 0.29) is 10.8 Å². The maximum atomic E-state index is 12.3. The number of carbonyl (C=O) groups excluding carboxylic acids is 1. The summed E-state index contributed by atoms with van der Waals surface area (Å²) in [6, 6.07) is 5.15. The van der Waals surface area contributed by atoms with E-state index in [4.69, 9.17) is 0 Å². The number of hydrogen-bond acceptors (Lipinski definition) is 3. The van der Waals surface area contributed by atoms with Crippen molar-refractivity contribution < 1.29 is 13.2 Å². The smallest absolute Gasteiger partial charge is 0.241 e. The Hall–Kier alpha value is -0.920. The fourth-order valence-electron chi connectivity index (χ4n) is 2.65. The molecule has 5 nitrogen and oxygen atoms in total. The van der Waals surface area contributed by atoms with E-state index in [1.807, 2.05) is 11.8 Å². The van der Waals surface area contributed by atoms with E-state index in [0.29, 0.717) is 30.4 Å². The second-order valence-corrected chi connectivity index (χ2v) is 8.47. The van der Waals surface area contributed by atoms with E-state index in [0.717, 1.165) is 31.4 Å². The maximum Gasteiger partial charge on any atom is 0.241 e. The Bertz CT molecular complexity index is 661. The van der Waals surface area contributed by atoms with Gasteiger partial charge in [-0.15, -0.1) is 0 Å². The first kappa shape index (κ1) is 18.4. The molecule has 0 bridgehead atoms. The average molecular weight is 403 g/mol. The second-order valence-electron chi connectivity index (χ2n) is 5.88. The van der Waals surface area contributed by atoms with Crippen LogP contribution in [0.3, 0.4) is 0 Å². The van der Waals surface area contributed by atoms with Crippen molar-refractivity contribution in [1.29, 1.82) is 0 Å². The molecule has 128 valence electrons. The highest BCUT2D eigenvalue weighted by Gasteiger charge is 2.18. The topological polar surface area (TPSA) is 66.5 Å². The lowest BCUT2D eigenvalue weighted by atomic mass is 10.2. The summed E-state index contributed by atoms with van der Waals surface area (Å²) < 4.78 is 27.8. The standard InChI is InChI=1S/C16H23BrN2O3S/c1-13-7-8-15(14(17)12-13)23(21,22)18-9-5-11-19-10-4-2-3-6-16(19)20/h7-8,12,18H,2-6,9-11H2,1H3. The highest BCUT2D eigenvalue weighted by molar-refractivity contribution is 9.10. The Morgan fingerprint density at radius 1 is 1.26 bits per heavy atom. The molecule has 0 radical (unpaired) electrons. The number of aryl methyl sites for hydroxylation is 1. The number of likely N-dealkylation sites (tertiary alicyclic amines) is 1. The van der Waals surface area contributed by atoms with Crippen molar-refractivity contribution in [3.8, 4) is 0 Å². The van der Waals surface area contributed by atoms with E-state index in [1.54, 1.807) is 18.2 Å². The SMILES string of the molecule is Cc1ccc(S(=O)(=O)NCCCN2CCCCCC2=O)c(Br)c1. The average Bonchev–Trinajstić information content (AvgIpc) is 2.68. The molecule has 0 spiro atoms. The van der Waals surface area contributed by atoms with Crippen LogP contribution in [0.2, 0.25) is 0 Å². The molecule has 0 aliphatic carbocycles. The molecule has 0 saturated carbocycles. The number of nitrogens with one attached hydrogen (secondary N) is 1. The summed E-state index contributed by atoms with van der Waals surface area (Å²) in [5.41, 5.74) is 0.996. The molecule has 1 aromatic carbocycles. The molecule has 0 unspecified atom stereocenters. The fourth-order valence-corrected chi connectivity index (χ4v) is 4.92. The van der Waals surface area contributed by atoms with Crippen LogP contribution in [0.25, 0.3) is 0 Å². The first-order valence-electron chi connectivity index (χ1n) is 7.94. The molecule has 1 fully saturated rings. The third-order valence-electron chi connectivity index (χ3n) is 3.95. The van der Waals surface area contributed by atoms with E-state index < -0.39 is 10.0 Å². The number of hydrogen-bond donors (Lipinski definition) is 1. The van der Waals surface area contributed by atoms with Gasteiger partial charge in [-0.1, -0.05) is 12.5 Å². The van der Waals surface area contributed by atoms with Gasteiger partial charge >= 0.3 is 0 Å². The van der Waals surface area contributed by atoms with Gasteiger partial charge < -0.3 is 4.90 Å². The predicted octanol–water partition coefficient (Wildman–Crippen LogP) is 2.83. The summed E-state index contributed by atoms with van der Waals surface area (Å²) in [5.74, 6) is 0.187. The lowest BCUT2D eigenvalue weighted by Gasteiger charge is -2.20. The summed E-state index contributed by atoms with van der Waals surface area (Å²) in [6.45, 7) is 3.63. The Balaban J connectivity index is 1.86. The molecule has 1 N–H and O–H groups in total. The van der Waals surface area contributed by atoms with E-state index in [9.17, 15) is 13.2 Å². The van der Waals surface area contributed by atoms with Crippen molar-refractivity contribution in [3.05, 3.63) is 28.2 Å². The van der Waals surface area contributed by atoms with Gasteiger partial charge in [-0.2, -0.15) is 0 Å². The molecule has 2 rings (SSSR count). The van der Waals surface area contributed by atoms with E-state index >= 15 is 0 Å². The Morgan fingerprint density at radius 3 is 2.78 bits per heavy atom. The predicted molar refractivity (Wildman–Crippen MR) is 93.7 cm³/mol. The lowest BCUT2D eigenvalue weighted by Crippen LogP contribution is -2.34. The van der Waals surface area contributed by atoms with Crippen LogP contribution in [0.5, 0.6) is 0 Å². The van der Waals surface area contributed by atoms with E-state index in [2.05, 4.69) is 20.7 Å². The van der Waals surface area contributed by atoms with Crippen molar-refractivity contribution in [3.63, 3.8) is 0 Å². The summed E-state index contributed by atoms with van der Waals surface area (Å²) >= 11 is 3.30. The molecule has 0 atom stereocenters. The Labute approximate surface area is 146 Å². The van der Waals surface area contributed by atoms with Crippen LogP contribution in [-0.4, -0.2) is 38.9 Å². The zero-order valence-electron chi connectivity index (χ0n) is 13.3. The minimum absolute atomic E-state index is 0.187. The summed E-state index contributed by atoms with van der Waals surface area (Å²) in [7, 11) is -3.53. The minimum Gasteiger partial charge on any atom is -0.343 e. The van der Waals surface area contributed by atoms with Gasteiger partial charge in [-0.3, -0.25) is 4.79 Å². The van der Waals surface area contributed by atoms with Gasteiger partial charge in [-0.25, -0.2) is 13.1 Å². The van der Waals surface area contributed by atoms with Crippen molar-refractivity contribution in [1.82, 2.24) is 9.62 Å². The molecule has 7 heteroatoms. The van der Waals surface area contributed by atoms with Crippen LogP contribution in [-0.2, 0) is 14.8 Å². The van der Waals surface area contributed by atoms with E-state index in [1.165, 1.54) is 0 Å². The molecule has 1 heterocycles. The Morgan fingerprint density at radius 2 is 2.04 bits per heavy atom. The number of sulfonamides is 1. The van der Waals surface area contributed by atoms with Crippen molar-refractivity contribution in [2.24, 2.45) is 0 Å². The highest BCUT2D eigenvalue weighted by atomic mass is 79.9. The van der Waals surface area contributed by atoms with Crippen LogP contribution in [0.4, 0.5) is 0 Å². The third kappa shape index (κ3) is 5.29. The number of amides is 1. The Kier molecular flexibility index (Phi) is 6.61. The van der Waals surface area contributed by atoms with Gasteiger partial charge in [0, 0.05) is 30.5 Å². The summed E-state index contributed by atoms with van der Waals surface area (Å²) in [4.78, 5) is 14.0. The van der Waals surface area contributed by atoms with Crippen LogP contribution >= 0.6 is 15.9 Å². The van der Waals surface area contributed by atoms with Gasteiger partial charge in [0.15, 0.2) is 0 Å². The second kappa shape index (κ2) is 8.26. The molecule has 1 saturated heterocycles. The van der Waals surface area contributed by atoms with Gasteiger partial charge in [-0.05, 0) is 59.8 Å². The van der Waals surface area contributed by atoms with Gasteiger partial charge in [0.1, 0.15) is 0 Å². The van der Waals surface area contributed by atoms with Gasteiger partial charge in [0.05, 0.1) is 4.90 Å². The van der Waals surface area contributed by atoms with Gasteiger partial charge in [0.25, 0.3) is 0 Å². The highest BCUT2D eigenvalue weighted by Crippen LogP contribution is 2.22. The van der Waals surface area contributed by atoms with Crippen molar-refractivity contribution in [2.75, 3.05) is 19.6 Å². The van der Waals surface area contributed by atoms with Crippen LogP contribution in [0.1, 0.15) is 37.7 Å². The zero-order valence-corrected chi connectivity index (χ0v) is 15.7. The first-order valence-corrected chi connectivity index (χ1v) is 10.2. The molecular weight excluding hydrogens is 380 g/mol. The van der Waals surface area contributed by atoms with Crippen LogP contribution in [0, 0.1) is 6.92 Å². The quantitative estimate of drug-likeness (QED) is 0.743. The largest absolute Gasteiger partial charge is 0.343 e. The fraction of sp³-hybridized carbons (Fsp3) is 0.562. The van der Waals surface area contributed by atoms with Crippen LogP contribution in [0.15, 0.2) is 27.6 Å². The molecule has 1 aliphatic heterocycles. The normalized spacial score (nSPS) is 16.4. The molecule has 1 amide bonds. The maximum absolute atomic E-state index is 12.3. The lowest BCUT2D eigenvalue weighted by molar-refractivity contribution is -0.130. The van der Waals surface area contributed by atoms with Crippen molar-refractivity contribution >= 4 is 31.9 Å². The number of rotatable bonds is 6. The molecule has 23 heavy (non-hydrogen) atoms. The number of nitrogens with zero attached hydrogens (tertiary/aromatic N) is 1. The summed E-state index contributed by atoms with van der Waals surface area (Å²) in [6.07, 6.45) is 4.32. The molecule has 1 aliphatic rings. The first-order chi connectivity index (χ1) is 10.9. The summed E-state index contributed by atoms with van der Waals surface area (Å²) in [5, 5.41) is 0. The number of halogens is 1. The van der Waals surface area contributed by atoms with Gasteiger partial charge in [0.2, 0.25) is 15.9 Å². The van der Waals surface area contributed by atoms with Crippen molar-refractivity contribution in [2.45, 2.75) is 43.9 Å². The number of carbonyl (C=O) groups is 1. The molecular formula is C16H23BrN2O3S. The molecule has 1 aromatic rings. The van der Waals surface area contributed by atoms with Crippen LogP contribution < -0.4 is 4.72 Å². The number of benzene rings is 1. The third-order valence-corrected chi connectivity index (χ3v) is 6.38. The zero-order chi connectivity index (χ0) is 16.9. The minimum atomic E-state index is -3.53. The monoisotopic (exact) mass is 402 g/mol. The molecule has 0 aromatic heterocycles.